The van der Waals surface area contributed by atoms with Gasteiger partial charge in [0.15, 0.2) is 0 Å². The van der Waals surface area contributed by atoms with E-state index >= 15 is 0 Å². The molecule has 1 rings (SSSR count). The molecule has 0 heterocycles. The monoisotopic (exact) mass is 273 g/mol. The van der Waals surface area contributed by atoms with Crippen molar-refractivity contribution in [2.75, 3.05) is 18.1 Å². The van der Waals surface area contributed by atoms with Crippen molar-refractivity contribution in [3.63, 3.8) is 0 Å². The Kier molecular flexibility index (Phi) is 7.08. The minimum Gasteiger partial charge on any atom is -0.465 e. The molecule has 1 fully saturated rings. The van der Waals surface area contributed by atoms with Gasteiger partial charge < -0.3 is 4.74 Å². The first-order valence-electron chi connectivity index (χ1n) is 7.15. The van der Waals surface area contributed by atoms with Crippen LogP contribution in [0.1, 0.15) is 52.9 Å². The Balaban J connectivity index is 2.35. The largest absolute Gasteiger partial charge is 0.465 e. The van der Waals surface area contributed by atoms with Crippen LogP contribution in [-0.2, 0) is 9.53 Å². The molecule has 0 aliphatic heterocycles. The van der Waals surface area contributed by atoms with Crippen LogP contribution >= 0.6 is 11.8 Å². The molecule has 0 spiro atoms. The third-order valence-corrected chi connectivity index (χ3v) is 4.47. The molecule has 0 amide bonds. The van der Waals surface area contributed by atoms with Crippen molar-refractivity contribution in [1.29, 1.82) is 0 Å². The molecule has 0 radical (unpaired) electrons. The van der Waals surface area contributed by atoms with Gasteiger partial charge in [-0.25, -0.2) is 0 Å². The first-order chi connectivity index (χ1) is 8.62. The van der Waals surface area contributed by atoms with E-state index < -0.39 is 5.54 Å². The van der Waals surface area contributed by atoms with Crippen LogP contribution < -0.4 is 5.32 Å². The highest BCUT2D eigenvalue weighted by Crippen LogP contribution is 2.25. The lowest BCUT2D eigenvalue weighted by Crippen LogP contribution is -2.53. The number of carbonyl (C=O) groups is 1. The van der Waals surface area contributed by atoms with E-state index in [0.717, 1.165) is 11.5 Å². The Morgan fingerprint density at radius 2 is 2.11 bits per heavy atom. The maximum Gasteiger partial charge on any atom is 0.326 e. The maximum absolute atomic E-state index is 12.1. The van der Waals surface area contributed by atoms with E-state index in [1.807, 2.05) is 25.6 Å². The molecule has 1 N–H and O–H groups in total. The first kappa shape index (κ1) is 15.8. The van der Waals surface area contributed by atoms with E-state index in [4.69, 9.17) is 4.74 Å². The fourth-order valence-electron chi connectivity index (χ4n) is 1.86. The zero-order valence-corrected chi connectivity index (χ0v) is 12.8. The lowest BCUT2D eigenvalue weighted by Gasteiger charge is -2.28. The van der Waals surface area contributed by atoms with Crippen LogP contribution in [0.3, 0.4) is 0 Å². The van der Waals surface area contributed by atoms with Gasteiger partial charge in [-0.05, 0) is 38.9 Å². The molecule has 0 saturated heterocycles. The summed E-state index contributed by atoms with van der Waals surface area (Å²) >= 11 is 1.86. The summed E-state index contributed by atoms with van der Waals surface area (Å²) in [7, 11) is 0. The summed E-state index contributed by atoms with van der Waals surface area (Å²) in [5.41, 5.74) is -0.506. The number of unbranched alkanes of at least 4 members (excludes halogenated alkanes) is 2. The van der Waals surface area contributed by atoms with Gasteiger partial charge in [0.1, 0.15) is 5.54 Å². The average molecular weight is 273 g/mol. The second-order valence-electron chi connectivity index (χ2n) is 5.23. The SMILES string of the molecule is CCCCCSCC(C)(NC1CC1)C(=O)OCC. The van der Waals surface area contributed by atoms with Gasteiger partial charge in [0.25, 0.3) is 0 Å². The van der Waals surface area contributed by atoms with E-state index in [-0.39, 0.29) is 5.97 Å². The van der Waals surface area contributed by atoms with Gasteiger partial charge in [0.2, 0.25) is 0 Å². The number of carbonyl (C=O) groups excluding carboxylic acids is 1. The van der Waals surface area contributed by atoms with Crippen LogP contribution in [0.4, 0.5) is 0 Å². The Hall–Kier alpha value is -0.220. The van der Waals surface area contributed by atoms with Crippen LogP contribution in [0, 0.1) is 0 Å². The van der Waals surface area contributed by atoms with E-state index in [1.54, 1.807) is 0 Å². The van der Waals surface area contributed by atoms with Gasteiger partial charge in [-0.1, -0.05) is 19.8 Å². The first-order valence-corrected chi connectivity index (χ1v) is 8.30. The summed E-state index contributed by atoms with van der Waals surface area (Å²) in [6.45, 7) is 6.52. The molecule has 1 aliphatic carbocycles. The minimum atomic E-state index is -0.506. The molecule has 0 bridgehead atoms. The zero-order chi connectivity index (χ0) is 13.4. The molecule has 4 heteroatoms. The molecule has 3 nitrogen and oxygen atoms in total. The van der Waals surface area contributed by atoms with Crippen LogP contribution in [-0.4, -0.2) is 35.7 Å². The van der Waals surface area contributed by atoms with E-state index in [0.29, 0.717) is 12.6 Å². The number of thioether (sulfide) groups is 1. The van der Waals surface area contributed by atoms with Gasteiger partial charge in [0, 0.05) is 11.8 Å². The summed E-state index contributed by atoms with van der Waals surface area (Å²) < 4.78 is 5.20. The molecule has 106 valence electrons. The van der Waals surface area contributed by atoms with Crippen molar-refractivity contribution in [2.24, 2.45) is 0 Å². The number of esters is 1. The smallest absolute Gasteiger partial charge is 0.326 e. The van der Waals surface area contributed by atoms with Gasteiger partial charge >= 0.3 is 5.97 Å². The van der Waals surface area contributed by atoms with Crippen molar-refractivity contribution in [3.05, 3.63) is 0 Å². The highest BCUT2D eigenvalue weighted by Gasteiger charge is 2.39. The van der Waals surface area contributed by atoms with Crippen molar-refractivity contribution in [3.8, 4) is 0 Å². The molecule has 1 aliphatic rings. The van der Waals surface area contributed by atoms with E-state index in [1.165, 1.54) is 32.1 Å². The molecule has 1 unspecified atom stereocenters. The Morgan fingerprint density at radius 1 is 1.39 bits per heavy atom. The fourth-order valence-corrected chi connectivity index (χ4v) is 3.02. The second kappa shape index (κ2) is 8.05. The van der Waals surface area contributed by atoms with Gasteiger partial charge in [0.05, 0.1) is 6.61 Å². The molecular weight excluding hydrogens is 246 g/mol. The molecule has 0 aromatic heterocycles. The van der Waals surface area contributed by atoms with Crippen LogP contribution in [0.2, 0.25) is 0 Å². The zero-order valence-electron chi connectivity index (χ0n) is 12.0. The number of nitrogens with one attached hydrogen (secondary N) is 1. The molecule has 0 aromatic rings. The van der Waals surface area contributed by atoms with Crippen LogP contribution in [0.25, 0.3) is 0 Å². The van der Waals surface area contributed by atoms with Crippen LogP contribution in [0.5, 0.6) is 0 Å². The second-order valence-corrected chi connectivity index (χ2v) is 6.34. The predicted octanol–water partition coefficient (Wildman–Crippen LogP) is 2.98. The number of ether oxygens (including phenoxy) is 1. The summed E-state index contributed by atoms with van der Waals surface area (Å²) in [5, 5.41) is 3.45. The summed E-state index contributed by atoms with van der Waals surface area (Å²) in [5.74, 6) is 1.85. The third-order valence-electron chi connectivity index (χ3n) is 3.11. The van der Waals surface area contributed by atoms with Crippen molar-refractivity contribution in [2.45, 2.75) is 64.5 Å². The lowest BCUT2D eigenvalue weighted by atomic mass is 10.1. The van der Waals surface area contributed by atoms with Crippen LogP contribution in [0.15, 0.2) is 0 Å². The number of rotatable bonds is 10. The summed E-state index contributed by atoms with van der Waals surface area (Å²) in [4.78, 5) is 12.1. The number of hydrogen-bond acceptors (Lipinski definition) is 4. The Bertz CT molecular complexity index is 256. The van der Waals surface area contributed by atoms with Gasteiger partial charge in [-0.3, -0.25) is 10.1 Å². The lowest BCUT2D eigenvalue weighted by molar-refractivity contribution is -0.149. The molecule has 18 heavy (non-hydrogen) atoms. The molecule has 1 atom stereocenters. The molecule has 1 saturated carbocycles. The number of hydrogen-bond donors (Lipinski definition) is 1. The highest BCUT2D eigenvalue weighted by molar-refractivity contribution is 7.99. The Labute approximate surface area is 115 Å². The molecular formula is C14H27NO2S. The average Bonchev–Trinajstić information content (AvgIpc) is 3.13. The fraction of sp³-hybridized carbons (Fsp3) is 0.929. The summed E-state index contributed by atoms with van der Waals surface area (Å²) in [6.07, 6.45) is 6.14. The summed E-state index contributed by atoms with van der Waals surface area (Å²) in [6, 6.07) is 0.524. The van der Waals surface area contributed by atoms with Gasteiger partial charge in [-0.2, -0.15) is 11.8 Å². The van der Waals surface area contributed by atoms with Crippen molar-refractivity contribution < 1.29 is 9.53 Å². The molecule has 0 aromatic carbocycles. The van der Waals surface area contributed by atoms with Crippen molar-refractivity contribution >= 4 is 17.7 Å². The van der Waals surface area contributed by atoms with Gasteiger partial charge in [-0.15, -0.1) is 0 Å². The van der Waals surface area contributed by atoms with E-state index in [9.17, 15) is 4.79 Å². The Morgan fingerprint density at radius 3 is 2.67 bits per heavy atom. The topological polar surface area (TPSA) is 38.3 Å². The standard InChI is InChI=1S/C14H27NO2S/c1-4-6-7-10-18-11-14(3,13(16)17-5-2)15-12-8-9-12/h12,15H,4-11H2,1-3H3. The third kappa shape index (κ3) is 5.61. The normalized spacial score (nSPS) is 18.4. The predicted molar refractivity (Wildman–Crippen MR) is 78.0 cm³/mol. The van der Waals surface area contributed by atoms with E-state index in [2.05, 4.69) is 12.2 Å². The minimum absolute atomic E-state index is 0.0973. The highest BCUT2D eigenvalue weighted by atomic mass is 32.2. The quantitative estimate of drug-likeness (QED) is 0.490. The maximum atomic E-state index is 12.1. The van der Waals surface area contributed by atoms with Crippen molar-refractivity contribution in [1.82, 2.24) is 5.32 Å².